The summed E-state index contributed by atoms with van der Waals surface area (Å²) in [7, 11) is 0. The van der Waals surface area contributed by atoms with Crippen LogP contribution in [0.5, 0.6) is 0 Å². The number of primary amides is 1. The minimum atomic E-state index is -0.338. The van der Waals surface area contributed by atoms with Crippen LogP contribution in [0.2, 0.25) is 0 Å². The van der Waals surface area contributed by atoms with Crippen LogP contribution < -0.4 is 11.5 Å². The predicted molar refractivity (Wildman–Crippen MR) is 67.8 cm³/mol. The summed E-state index contributed by atoms with van der Waals surface area (Å²) in [6.45, 7) is 4.25. The molecule has 1 aromatic rings. The summed E-state index contributed by atoms with van der Waals surface area (Å²) in [5.74, 6) is 0.124. The van der Waals surface area contributed by atoms with Gasteiger partial charge in [-0.05, 0) is 29.2 Å². The average Bonchev–Trinajstić information content (AvgIpc) is 2.20. The first-order valence-electron chi connectivity index (χ1n) is 5.35. The lowest BCUT2D eigenvalue weighted by Gasteiger charge is -2.08. The van der Waals surface area contributed by atoms with E-state index in [0.29, 0.717) is 11.6 Å². The number of benzene rings is 1. The van der Waals surface area contributed by atoms with Crippen molar-refractivity contribution < 1.29 is 4.79 Å². The van der Waals surface area contributed by atoms with E-state index in [4.69, 9.17) is 11.5 Å². The lowest BCUT2D eigenvalue weighted by atomic mass is 9.99. The Morgan fingerprint density at radius 3 is 2.69 bits per heavy atom. The third-order valence-electron chi connectivity index (χ3n) is 2.39. The number of nitrogen functional groups attached to an aromatic ring is 1. The number of amides is 1. The fourth-order valence-corrected chi connectivity index (χ4v) is 1.40. The van der Waals surface area contributed by atoms with E-state index in [0.717, 1.165) is 5.56 Å². The molecule has 1 aromatic carbocycles. The first-order chi connectivity index (χ1) is 7.50. The van der Waals surface area contributed by atoms with Crippen LogP contribution in [-0.2, 0) is 4.79 Å². The van der Waals surface area contributed by atoms with Crippen molar-refractivity contribution in [2.45, 2.75) is 26.2 Å². The third-order valence-corrected chi connectivity index (χ3v) is 2.39. The highest BCUT2D eigenvalue weighted by Gasteiger charge is 2.01. The highest BCUT2D eigenvalue weighted by molar-refractivity contribution is 5.77. The zero-order valence-corrected chi connectivity index (χ0v) is 9.73. The molecule has 0 unspecified atom stereocenters. The van der Waals surface area contributed by atoms with Crippen LogP contribution in [0.4, 0.5) is 5.69 Å². The summed E-state index contributed by atoms with van der Waals surface area (Å²) in [6.07, 6.45) is 3.81. The smallest absolute Gasteiger partial charge is 0.221 e. The maximum Gasteiger partial charge on any atom is 0.221 e. The first-order valence-corrected chi connectivity index (χ1v) is 5.35. The van der Waals surface area contributed by atoms with Gasteiger partial charge in [0.15, 0.2) is 0 Å². The van der Waals surface area contributed by atoms with Crippen LogP contribution in [0.3, 0.4) is 0 Å². The molecule has 0 atom stereocenters. The van der Waals surface area contributed by atoms with Crippen LogP contribution in [0, 0.1) is 0 Å². The molecule has 3 heteroatoms. The molecule has 86 valence electrons. The fraction of sp³-hybridized carbons (Fsp3) is 0.308. The molecular weight excluding hydrogens is 200 g/mol. The lowest BCUT2D eigenvalue weighted by molar-refractivity contribution is -0.117. The quantitative estimate of drug-likeness (QED) is 0.761. The van der Waals surface area contributed by atoms with Gasteiger partial charge in [0.05, 0.1) is 0 Å². The Balaban J connectivity index is 2.90. The molecule has 0 aliphatic rings. The predicted octanol–water partition coefficient (Wildman–Crippen LogP) is 2.28. The van der Waals surface area contributed by atoms with Gasteiger partial charge in [-0.25, -0.2) is 0 Å². The van der Waals surface area contributed by atoms with Crippen molar-refractivity contribution in [3.8, 4) is 0 Å². The standard InChI is InChI=1S/C13H18N2O/c1-9(2)10-6-7-12(14)11(8-10)4-3-5-13(15)16/h3-4,6-9H,5,14H2,1-2H3,(H2,15,16). The molecule has 0 spiro atoms. The van der Waals surface area contributed by atoms with Gasteiger partial charge >= 0.3 is 0 Å². The third kappa shape index (κ3) is 3.42. The monoisotopic (exact) mass is 218 g/mol. The summed E-state index contributed by atoms with van der Waals surface area (Å²) in [4.78, 5) is 10.6. The van der Waals surface area contributed by atoms with Crippen molar-refractivity contribution in [1.82, 2.24) is 0 Å². The fourth-order valence-electron chi connectivity index (χ4n) is 1.40. The lowest BCUT2D eigenvalue weighted by Crippen LogP contribution is -2.07. The highest BCUT2D eigenvalue weighted by atomic mass is 16.1. The molecule has 0 heterocycles. The van der Waals surface area contributed by atoms with E-state index in [1.165, 1.54) is 5.56 Å². The number of anilines is 1. The molecule has 0 bridgehead atoms. The van der Waals surface area contributed by atoms with Crippen molar-refractivity contribution in [3.05, 3.63) is 35.4 Å². The van der Waals surface area contributed by atoms with E-state index in [1.54, 1.807) is 6.08 Å². The van der Waals surface area contributed by atoms with Crippen molar-refractivity contribution >= 4 is 17.7 Å². The van der Waals surface area contributed by atoms with Crippen LogP contribution in [-0.4, -0.2) is 5.91 Å². The van der Waals surface area contributed by atoms with Crippen molar-refractivity contribution in [2.75, 3.05) is 5.73 Å². The number of carbonyl (C=O) groups is 1. The van der Waals surface area contributed by atoms with Gasteiger partial charge in [0.25, 0.3) is 0 Å². The van der Waals surface area contributed by atoms with Crippen molar-refractivity contribution in [2.24, 2.45) is 5.73 Å². The van der Waals surface area contributed by atoms with Crippen molar-refractivity contribution in [3.63, 3.8) is 0 Å². The van der Waals surface area contributed by atoms with E-state index in [-0.39, 0.29) is 12.3 Å². The Kier molecular flexibility index (Phi) is 4.11. The molecule has 3 nitrogen and oxygen atoms in total. The number of hydrogen-bond acceptors (Lipinski definition) is 2. The summed E-state index contributed by atoms with van der Waals surface area (Å²) in [5, 5.41) is 0. The van der Waals surface area contributed by atoms with Gasteiger partial charge in [0, 0.05) is 12.1 Å². The summed E-state index contributed by atoms with van der Waals surface area (Å²) in [6, 6.07) is 5.95. The Bertz CT molecular complexity index is 408. The van der Waals surface area contributed by atoms with Crippen LogP contribution >= 0.6 is 0 Å². The largest absolute Gasteiger partial charge is 0.398 e. The molecule has 0 aliphatic carbocycles. The maximum atomic E-state index is 10.6. The molecule has 0 aliphatic heterocycles. The molecule has 1 amide bonds. The van der Waals surface area contributed by atoms with Crippen molar-refractivity contribution in [1.29, 1.82) is 0 Å². The van der Waals surface area contributed by atoms with Gasteiger partial charge < -0.3 is 11.5 Å². The van der Waals surface area contributed by atoms with Crippen LogP contribution in [0.1, 0.15) is 37.3 Å². The van der Waals surface area contributed by atoms with Gasteiger partial charge in [0.2, 0.25) is 5.91 Å². The molecule has 0 radical (unpaired) electrons. The Hall–Kier alpha value is -1.77. The van der Waals surface area contributed by atoms with Crippen LogP contribution in [0.15, 0.2) is 24.3 Å². The molecule has 0 aromatic heterocycles. The molecular formula is C13H18N2O. The number of hydrogen-bond donors (Lipinski definition) is 2. The number of rotatable bonds is 4. The zero-order valence-electron chi connectivity index (χ0n) is 9.73. The molecule has 0 fully saturated rings. The Morgan fingerprint density at radius 2 is 2.12 bits per heavy atom. The van der Waals surface area contributed by atoms with E-state index < -0.39 is 0 Å². The minimum absolute atomic E-state index is 0.241. The topological polar surface area (TPSA) is 69.1 Å². The summed E-state index contributed by atoms with van der Waals surface area (Å²) < 4.78 is 0. The maximum absolute atomic E-state index is 10.6. The Labute approximate surface area is 96.1 Å². The first kappa shape index (κ1) is 12.3. The minimum Gasteiger partial charge on any atom is -0.398 e. The number of nitrogens with two attached hydrogens (primary N) is 2. The van der Waals surface area contributed by atoms with E-state index in [9.17, 15) is 4.79 Å². The average molecular weight is 218 g/mol. The molecule has 1 rings (SSSR count). The van der Waals surface area contributed by atoms with Gasteiger partial charge in [-0.15, -0.1) is 0 Å². The highest BCUT2D eigenvalue weighted by Crippen LogP contribution is 2.21. The normalized spacial score (nSPS) is 11.2. The van der Waals surface area contributed by atoms with Gasteiger partial charge in [-0.1, -0.05) is 32.1 Å². The second-order valence-electron chi connectivity index (χ2n) is 4.12. The van der Waals surface area contributed by atoms with Gasteiger partial charge in [-0.3, -0.25) is 4.79 Å². The van der Waals surface area contributed by atoms with Gasteiger partial charge in [0.1, 0.15) is 0 Å². The van der Waals surface area contributed by atoms with E-state index in [2.05, 4.69) is 13.8 Å². The zero-order chi connectivity index (χ0) is 12.1. The molecule has 0 saturated heterocycles. The summed E-state index contributed by atoms with van der Waals surface area (Å²) >= 11 is 0. The molecule has 0 saturated carbocycles. The second kappa shape index (κ2) is 5.35. The van der Waals surface area contributed by atoms with Gasteiger partial charge in [-0.2, -0.15) is 0 Å². The Morgan fingerprint density at radius 1 is 1.44 bits per heavy atom. The number of carbonyl (C=O) groups excluding carboxylic acids is 1. The van der Waals surface area contributed by atoms with E-state index in [1.807, 2.05) is 24.3 Å². The SMILES string of the molecule is CC(C)c1ccc(N)c(C=CCC(N)=O)c1. The second-order valence-corrected chi connectivity index (χ2v) is 4.12. The molecule has 16 heavy (non-hydrogen) atoms. The van der Waals surface area contributed by atoms with Crippen LogP contribution in [0.25, 0.3) is 6.08 Å². The van der Waals surface area contributed by atoms with E-state index >= 15 is 0 Å². The molecule has 4 N–H and O–H groups in total. The summed E-state index contributed by atoms with van der Waals surface area (Å²) in [5.41, 5.74) is 13.8.